The molecule has 0 spiro atoms. The number of benzene rings is 1. The third-order valence-electron chi connectivity index (χ3n) is 3.33. The molecule has 5 nitrogen and oxygen atoms in total. The molecule has 1 aromatic carbocycles. The van der Waals surface area contributed by atoms with Crippen molar-refractivity contribution in [2.24, 2.45) is 0 Å². The van der Waals surface area contributed by atoms with Crippen LogP contribution in [0.5, 0.6) is 0 Å². The molecular weight excluding hydrogens is 254 g/mol. The molecule has 0 amide bonds. The predicted octanol–water partition coefficient (Wildman–Crippen LogP) is 2.44. The third kappa shape index (κ3) is 2.73. The summed E-state index contributed by atoms with van der Waals surface area (Å²) in [5.74, 6) is 0. The second kappa shape index (κ2) is 5.54. The van der Waals surface area contributed by atoms with E-state index in [9.17, 15) is 10.1 Å². The number of nitro benzene ring substituents is 1. The van der Waals surface area contributed by atoms with E-state index in [2.05, 4.69) is 5.32 Å². The van der Waals surface area contributed by atoms with E-state index in [-0.39, 0.29) is 10.6 Å². The predicted molar refractivity (Wildman–Crippen MR) is 72.4 cm³/mol. The maximum Gasteiger partial charge on any atom is 0.294 e. The highest BCUT2D eigenvalue weighted by atomic mass is 35.5. The summed E-state index contributed by atoms with van der Waals surface area (Å²) >= 11 is 5.82. The van der Waals surface area contributed by atoms with E-state index >= 15 is 0 Å². The van der Waals surface area contributed by atoms with Crippen LogP contribution in [0.4, 0.5) is 11.4 Å². The van der Waals surface area contributed by atoms with Gasteiger partial charge in [-0.05, 0) is 31.5 Å². The van der Waals surface area contributed by atoms with Gasteiger partial charge in [-0.2, -0.15) is 0 Å². The molecule has 1 N–H and O–H groups in total. The first-order chi connectivity index (χ1) is 8.59. The number of nitrogens with zero attached hydrogens (tertiary/aromatic N) is 2. The molecule has 1 aliphatic rings. The Labute approximate surface area is 111 Å². The van der Waals surface area contributed by atoms with E-state index in [1.165, 1.54) is 6.07 Å². The summed E-state index contributed by atoms with van der Waals surface area (Å²) in [6.07, 6.45) is 2.14. The van der Waals surface area contributed by atoms with Crippen molar-refractivity contribution in [2.45, 2.75) is 18.9 Å². The number of nitrogens with one attached hydrogen (secondary N) is 1. The van der Waals surface area contributed by atoms with Crippen LogP contribution < -0.4 is 10.2 Å². The fourth-order valence-electron chi connectivity index (χ4n) is 2.30. The van der Waals surface area contributed by atoms with Gasteiger partial charge >= 0.3 is 0 Å². The first-order valence-corrected chi connectivity index (χ1v) is 6.35. The van der Waals surface area contributed by atoms with Crippen molar-refractivity contribution in [2.75, 3.05) is 25.0 Å². The van der Waals surface area contributed by atoms with Gasteiger partial charge in [0.15, 0.2) is 0 Å². The van der Waals surface area contributed by atoms with Gasteiger partial charge in [0.25, 0.3) is 5.69 Å². The lowest BCUT2D eigenvalue weighted by Gasteiger charge is -2.33. The standard InChI is InChI=1S/C12H16ClN3O2/c1-15(10-3-2-6-14-8-10)11-5-4-9(13)7-12(11)16(17)18/h4-5,7,10,14H,2-3,6,8H2,1H3. The highest BCUT2D eigenvalue weighted by molar-refractivity contribution is 6.30. The van der Waals surface area contributed by atoms with Crippen LogP contribution in [0, 0.1) is 10.1 Å². The molecular formula is C12H16ClN3O2. The SMILES string of the molecule is CN(c1ccc(Cl)cc1[N+](=O)[O-])C1CCCNC1. The van der Waals surface area contributed by atoms with Crippen molar-refractivity contribution in [3.8, 4) is 0 Å². The van der Waals surface area contributed by atoms with Crippen LogP contribution in [-0.2, 0) is 0 Å². The number of halogens is 1. The van der Waals surface area contributed by atoms with E-state index in [1.807, 2.05) is 11.9 Å². The fraction of sp³-hybridized carbons (Fsp3) is 0.500. The summed E-state index contributed by atoms with van der Waals surface area (Å²) in [5, 5.41) is 14.8. The first-order valence-electron chi connectivity index (χ1n) is 5.97. The second-order valence-corrected chi connectivity index (χ2v) is 4.94. The fourth-order valence-corrected chi connectivity index (χ4v) is 2.47. The minimum atomic E-state index is -0.381. The molecule has 1 aromatic rings. The van der Waals surface area contributed by atoms with Gasteiger partial charge in [0.2, 0.25) is 0 Å². The maximum atomic E-state index is 11.1. The molecule has 18 heavy (non-hydrogen) atoms. The van der Waals surface area contributed by atoms with Gasteiger partial charge in [-0.15, -0.1) is 0 Å². The monoisotopic (exact) mass is 269 g/mol. The normalized spacial score (nSPS) is 19.6. The van der Waals surface area contributed by atoms with Crippen LogP contribution in [-0.4, -0.2) is 31.1 Å². The van der Waals surface area contributed by atoms with Crippen molar-refractivity contribution in [3.05, 3.63) is 33.3 Å². The molecule has 0 saturated carbocycles. The molecule has 0 aliphatic carbocycles. The zero-order chi connectivity index (χ0) is 13.1. The van der Waals surface area contributed by atoms with Gasteiger partial charge in [0, 0.05) is 30.7 Å². The largest absolute Gasteiger partial charge is 0.365 e. The number of rotatable bonds is 3. The molecule has 6 heteroatoms. The van der Waals surface area contributed by atoms with E-state index in [0.29, 0.717) is 16.8 Å². The maximum absolute atomic E-state index is 11.1. The van der Waals surface area contributed by atoms with Crippen LogP contribution in [0.15, 0.2) is 18.2 Å². The van der Waals surface area contributed by atoms with Crippen molar-refractivity contribution in [3.63, 3.8) is 0 Å². The number of anilines is 1. The Kier molecular flexibility index (Phi) is 4.04. The molecule has 0 radical (unpaired) electrons. The molecule has 0 aromatic heterocycles. The van der Waals surface area contributed by atoms with Gasteiger partial charge < -0.3 is 10.2 Å². The minimum absolute atomic E-state index is 0.0653. The smallest absolute Gasteiger partial charge is 0.294 e. The quantitative estimate of drug-likeness (QED) is 0.676. The van der Waals surface area contributed by atoms with Crippen LogP contribution in [0.3, 0.4) is 0 Å². The average molecular weight is 270 g/mol. The molecule has 2 rings (SSSR count). The Bertz CT molecular complexity index is 447. The number of piperidine rings is 1. The van der Waals surface area contributed by atoms with Crippen molar-refractivity contribution in [1.29, 1.82) is 0 Å². The summed E-state index contributed by atoms with van der Waals surface area (Å²) in [6.45, 7) is 1.88. The number of likely N-dealkylation sites (N-methyl/N-ethyl adjacent to an activating group) is 1. The lowest BCUT2D eigenvalue weighted by atomic mass is 10.1. The highest BCUT2D eigenvalue weighted by Crippen LogP contribution is 2.32. The van der Waals surface area contributed by atoms with Crippen LogP contribution in [0.2, 0.25) is 5.02 Å². The van der Waals surface area contributed by atoms with Gasteiger partial charge in [-0.25, -0.2) is 0 Å². The number of hydrogen-bond donors (Lipinski definition) is 1. The zero-order valence-corrected chi connectivity index (χ0v) is 11.0. The van der Waals surface area contributed by atoms with Gasteiger partial charge in [-0.1, -0.05) is 11.6 Å². The third-order valence-corrected chi connectivity index (χ3v) is 3.57. The topological polar surface area (TPSA) is 58.4 Å². The molecule has 1 unspecified atom stereocenters. The van der Waals surface area contributed by atoms with Crippen molar-refractivity contribution < 1.29 is 4.92 Å². The molecule has 0 bridgehead atoms. The van der Waals surface area contributed by atoms with Gasteiger partial charge in [-0.3, -0.25) is 10.1 Å². The lowest BCUT2D eigenvalue weighted by Crippen LogP contribution is -2.44. The molecule has 1 saturated heterocycles. The summed E-state index contributed by atoms with van der Waals surface area (Å²) < 4.78 is 0. The molecule has 1 heterocycles. The van der Waals surface area contributed by atoms with Gasteiger partial charge in [0.05, 0.1) is 4.92 Å². The van der Waals surface area contributed by atoms with E-state index in [4.69, 9.17) is 11.6 Å². The lowest BCUT2D eigenvalue weighted by molar-refractivity contribution is -0.384. The Hall–Kier alpha value is -1.33. The Morgan fingerprint density at radius 1 is 1.56 bits per heavy atom. The molecule has 1 atom stereocenters. The summed E-state index contributed by atoms with van der Waals surface area (Å²) in [7, 11) is 1.90. The van der Waals surface area contributed by atoms with E-state index in [1.54, 1.807) is 12.1 Å². The summed E-state index contributed by atoms with van der Waals surface area (Å²) in [4.78, 5) is 12.7. The summed E-state index contributed by atoms with van der Waals surface area (Å²) in [5.41, 5.74) is 0.689. The van der Waals surface area contributed by atoms with Crippen molar-refractivity contribution >= 4 is 23.0 Å². The summed E-state index contributed by atoms with van der Waals surface area (Å²) in [6, 6.07) is 5.11. The zero-order valence-electron chi connectivity index (χ0n) is 10.2. The second-order valence-electron chi connectivity index (χ2n) is 4.50. The minimum Gasteiger partial charge on any atom is -0.365 e. The molecule has 1 aliphatic heterocycles. The van der Waals surface area contributed by atoms with Crippen LogP contribution in [0.1, 0.15) is 12.8 Å². The first kappa shape index (κ1) is 13.1. The number of hydrogen-bond acceptors (Lipinski definition) is 4. The van der Waals surface area contributed by atoms with E-state index in [0.717, 1.165) is 25.9 Å². The Balaban J connectivity index is 2.28. The van der Waals surface area contributed by atoms with Crippen LogP contribution in [0.25, 0.3) is 0 Å². The number of nitro groups is 1. The van der Waals surface area contributed by atoms with E-state index < -0.39 is 0 Å². The molecule has 98 valence electrons. The van der Waals surface area contributed by atoms with Crippen molar-refractivity contribution in [1.82, 2.24) is 5.32 Å². The van der Waals surface area contributed by atoms with Gasteiger partial charge in [0.1, 0.15) is 5.69 Å². The Morgan fingerprint density at radius 2 is 2.33 bits per heavy atom. The Morgan fingerprint density at radius 3 is 2.94 bits per heavy atom. The molecule has 1 fully saturated rings. The highest BCUT2D eigenvalue weighted by Gasteiger charge is 2.24. The average Bonchev–Trinajstić information content (AvgIpc) is 2.39. The van der Waals surface area contributed by atoms with Crippen LogP contribution >= 0.6 is 11.6 Å².